The molecular weight excluding hydrogens is 194 g/mol. The Hall–Kier alpha value is -0.960. The molecule has 1 aromatic rings. The van der Waals surface area contributed by atoms with Crippen LogP contribution in [-0.4, -0.2) is 11.2 Å². The molecule has 1 atom stereocenters. The number of hydrogen-bond acceptors (Lipinski definition) is 2. The van der Waals surface area contributed by atoms with Crippen molar-refractivity contribution in [2.75, 3.05) is 0 Å². The lowest BCUT2D eigenvalue weighted by Gasteiger charge is -2.08. The Bertz CT molecular complexity index is 349. The Balaban J connectivity index is 2.78. The van der Waals surface area contributed by atoms with Crippen LogP contribution in [0.2, 0.25) is 0 Å². The largest absolute Gasteiger partial charge is 0.369 e. The fourth-order valence-corrected chi connectivity index (χ4v) is 1.97. The summed E-state index contributed by atoms with van der Waals surface area (Å²) in [5, 5.41) is -0.169. The van der Waals surface area contributed by atoms with E-state index >= 15 is 0 Å². The summed E-state index contributed by atoms with van der Waals surface area (Å²) in [7, 11) is 0. The number of carbonyl (C=O) groups is 1. The number of hydrogen-bond donors (Lipinski definition) is 1. The normalized spacial score (nSPS) is 12.5. The minimum absolute atomic E-state index is 0.169. The number of thioether (sulfide) groups is 1. The molecule has 2 N–H and O–H groups in total. The summed E-state index contributed by atoms with van der Waals surface area (Å²) in [5.74, 6) is -0.270. The third kappa shape index (κ3) is 2.77. The monoisotopic (exact) mass is 209 g/mol. The molecule has 76 valence electrons. The van der Waals surface area contributed by atoms with Crippen molar-refractivity contribution in [3.05, 3.63) is 29.3 Å². The van der Waals surface area contributed by atoms with E-state index in [0.29, 0.717) is 0 Å². The van der Waals surface area contributed by atoms with Gasteiger partial charge >= 0.3 is 0 Å². The van der Waals surface area contributed by atoms with E-state index in [9.17, 15) is 4.79 Å². The molecule has 0 saturated carbocycles. The molecular formula is C11H15NOS. The predicted molar refractivity (Wildman–Crippen MR) is 60.4 cm³/mol. The zero-order valence-corrected chi connectivity index (χ0v) is 9.52. The molecule has 0 aliphatic rings. The van der Waals surface area contributed by atoms with E-state index in [1.165, 1.54) is 22.9 Å². The highest BCUT2D eigenvalue weighted by molar-refractivity contribution is 8.00. The van der Waals surface area contributed by atoms with Crippen molar-refractivity contribution < 1.29 is 4.79 Å². The second-order valence-corrected chi connectivity index (χ2v) is 4.82. The van der Waals surface area contributed by atoms with E-state index < -0.39 is 0 Å². The molecule has 1 amide bonds. The summed E-state index contributed by atoms with van der Waals surface area (Å²) in [6.45, 7) is 5.96. The SMILES string of the molecule is Cc1ccc(S[C@@H](C)C(N)=O)cc1C. The molecule has 1 rings (SSSR count). The lowest BCUT2D eigenvalue weighted by atomic mass is 10.1. The van der Waals surface area contributed by atoms with Gasteiger partial charge in [0.2, 0.25) is 5.91 Å². The first-order valence-corrected chi connectivity index (χ1v) is 5.42. The lowest BCUT2D eigenvalue weighted by Crippen LogP contribution is -2.22. The quantitative estimate of drug-likeness (QED) is 0.776. The average Bonchev–Trinajstić information content (AvgIpc) is 2.11. The Morgan fingerprint density at radius 1 is 1.36 bits per heavy atom. The van der Waals surface area contributed by atoms with E-state index in [1.807, 2.05) is 13.0 Å². The van der Waals surface area contributed by atoms with Crippen LogP contribution in [0, 0.1) is 13.8 Å². The molecule has 0 spiro atoms. The van der Waals surface area contributed by atoms with Gasteiger partial charge in [0.15, 0.2) is 0 Å². The molecule has 0 fully saturated rings. The zero-order valence-electron chi connectivity index (χ0n) is 8.70. The minimum Gasteiger partial charge on any atom is -0.369 e. The third-order valence-corrected chi connectivity index (χ3v) is 3.30. The van der Waals surface area contributed by atoms with Gasteiger partial charge in [-0.3, -0.25) is 4.79 Å². The molecule has 1 aromatic carbocycles. The Morgan fingerprint density at radius 3 is 2.50 bits per heavy atom. The maximum absolute atomic E-state index is 10.9. The van der Waals surface area contributed by atoms with Crippen LogP contribution < -0.4 is 5.73 Å². The topological polar surface area (TPSA) is 43.1 Å². The molecule has 0 heterocycles. The number of rotatable bonds is 3. The molecule has 0 unspecified atom stereocenters. The van der Waals surface area contributed by atoms with Crippen molar-refractivity contribution in [3.63, 3.8) is 0 Å². The standard InChI is InChI=1S/C11H15NOS/c1-7-4-5-10(6-8(7)2)14-9(3)11(12)13/h4-6,9H,1-3H3,(H2,12,13)/t9-/m0/s1. The zero-order chi connectivity index (χ0) is 10.7. The van der Waals surface area contributed by atoms with Crippen LogP contribution in [0.25, 0.3) is 0 Å². The number of amides is 1. The highest BCUT2D eigenvalue weighted by atomic mass is 32.2. The van der Waals surface area contributed by atoms with Crippen molar-refractivity contribution >= 4 is 17.7 Å². The van der Waals surface area contributed by atoms with E-state index in [0.717, 1.165) is 4.90 Å². The van der Waals surface area contributed by atoms with Crippen LogP contribution in [0.5, 0.6) is 0 Å². The highest BCUT2D eigenvalue weighted by Gasteiger charge is 2.10. The number of aryl methyl sites for hydroxylation is 2. The molecule has 2 nitrogen and oxygen atoms in total. The molecule has 0 radical (unpaired) electrons. The van der Waals surface area contributed by atoms with E-state index in [2.05, 4.69) is 26.0 Å². The van der Waals surface area contributed by atoms with Crippen LogP contribution in [0.4, 0.5) is 0 Å². The molecule has 0 saturated heterocycles. The van der Waals surface area contributed by atoms with Crippen molar-refractivity contribution in [1.82, 2.24) is 0 Å². The van der Waals surface area contributed by atoms with E-state index in [-0.39, 0.29) is 11.2 Å². The first-order valence-electron chi connectivity index (χ1n) is 4.54. The smallest absolute Gasteiger partial charge is 0.230 e. The predicted octanol–water partition coefficient (Wildman–Crippen LogP) is 2.27. The van der Waals surface area contributed by atoms with Gasteiger partial charge in [-0.1, -0.05) is 6.07 Å². The Kier molecular flexibility index (Phi) is 3.58. The van der Waals surface area contributed by atoms with Crippen LogP contribution in [0.3, 0.4) is 0 Å². The van der Waals surface area contributed by atoms with Crippen LogP contribution in [-0.2, 0) is 4.79 Å². The van der Waals surface area contributed by atoms with Crippen molar-refractivity contribution in [1.29, 1.82) is 0 Å². The third-order valence-electron chi connectivity index (χ3n) is 2.19. The summed E-state index contributed by atoms with van der Waals surface area (Å²) in [5.41, 5.74) is 7.70. The van der Waals surface area contributed by atoms with Gasteiger partial charge in [-0.2, -0.15) is 0 Å². The van der Waals surface area contributed by atoms with Crippen LogP contribution in [0.1, 0.15) is 18.1 Å². The lowest BCUT2D eigenvalue weighted by molar-refractivity contribution is -0.117. The summed E-state index contributed by atoms with van der Waals surface area (Å²) in [4.78, 5) is 12.0. The summed E-state index contributed by atoms with van der Waals surface area (Å²) >= 11 is 1.50. The first-order chi connectivity index (χ1) is 6.50. The van der Waals surface area contributed by atoms with Gasteiger partial charge in [-0.05, 0) is 44.0 Å². The average molecular weight is 209 g/mol. The summed E-state index contributed by atoms with van der Waals surface area (Å²) in [6.07, 6.45) is 0. The molecule has 14 heavy (non-hydrogen) atoms. The maximum atomic E-state index is 10.9. The molecule has 0 aliphatic heterocycles. The number of benzene rings is 1. The number of nitrogens with two attached hydrogens (primary N) is 1. The Morgan fingerprint density at radius 2 is 2.00 bits per heavy atom. The summed E-state index contributed by atoms with van der Waals surface area (Å²) in [6, 6.07) is 6.16. The van der Waals surface area contributed by atoms with Crippen molar-refractivity contribution in [2.45, 2.75) is 30.9 Å². The minimum atomic E-state index is -0.270. The molecule has 3 heteroatoms. The van der Waals surface area contributed by atoms with Gasteiger partial charge < -0.3 is 5.73 Å². The van der Waals surface area contributed by atoms with Gasteiger partial charge in [-0.15, -0.1) is 11.8 Å². The maximum Gasteiger partial charge on any atom is 0.230 e. The van der Waals surface area contributed by atoms with Gasteiger partial charge in [0.25, 0.3) is 0 Å². The fourth-order valence-electron chi connectivity index (χ4n) is 1.05. The van der Waals surface area contributed by atoms with Gasteiger partial charge in [0, 0.05) is 4.90 Å². The number of carbonyl (C=O) groups excluding carboxylic acids is 1. The van der Waals surface area contributed by atoms with Crippen LogP contribution in [0.15, 0.2) is 23.1 Å². The summed E-state index contributed by atoms with van der Waals surface area (Å²) < 4.78 is 0. The Labute approximate surface area is 88.9 Å². The van der Waals surface area contributed by atoms with E-state index in [4.69, 9.17) is 5.73 Å². The van der Waals surface area contributed by atoms with E-state index in [1.54, 1.807) is 0 Å². The van der Waals surface area contributed by atoms with Crippen molar-refractivity contribution in [3.8, 4) is 0 Å². The van der Waals surface area contributed by atoms with Crippen LogP contribution >= 0.6 is 11.8 Å². The van der Waals surface area contributed by atoms with Gasteiger partial charge in [0.05, 0.1) is 5.25 Å². The second kappa shape index (κ2) is 4.51. The second-order valence-electron chi connectivity index (χ2n) is 3.41. The molecule has 0 aromatic heterocycles. The number of primary amides is 1. The first kappa shape index (κ1) is 11.1. The fraction of sp³-hybridized carbons (Fsp3) is 0.364. The molecule has 0 aliphatic carbocycles. The van der Waals surface area contributed by atoms with Crippen molar-refractivity contribution in [2.24, 2.45) is 5.73 Å². The highest BCUT2D eigenvalue weighted by Crippen LogP contribution is 2.24. The molecule has 0 bridgehead atoms. The van der Waals surface area contributed by atoms with Gasteiger partial charge in [-0.25, -0.2) is 0 Å². The van der Waals surface area contributed by atoms with Gasteiger partial charge in [0.1, 0.15) is 0 Å².